The molecule has 1 N–H and O–H groups in total. The van der Waals surface area contributed by atoms with Gasteiger partial charge < -0.3 is 10.1 Å². The number of aryl methyl sites for hydroxylation is 1. The number of methoxy groups -OCH3 is 1. The van der Waals surface area contributed by atoms with Crippen molar-refractivity contribution in [1.82, 2.24) is 24.5 Å². The summed E-state index contributed by atoms with van der Waals surface area (Å²) in [4.78, 5) is 26.0. The highest BCUT2D eigenvalue weighted by molar-refractivity contribution is 7.99. The van der Waals surface area contributed by atoms with E-state index in [-0.39, 0.29) is 23.3 Å². The maximum atomic E-state index is 13.5. The summed E-state index contributed by atoms with van der Waals surface area (Å²) in [5, 5.41) is 12.8. The Morgan fingerprint density at radius 3 is 2.64 bits per heavy atom. The second-order valence-electron chi connectivity index (χ2n) is 7.82. The predicted octanol–water partition coefficient (Wildman–Crippen LogP) is 3.75. The van der Waals surface area contributed by atoms with Gasteiger partial charge in [0.15, 0.2) is 5.16 Å². The highest BCUT2D eigenvalue weighted by Crippen LogP contribution is 2.27. The van der Waals surface area contributed by atoms with Gasteiger partial charge in [-0.3, -0.25) is 14.0 Å². The number of nitrogens with one attached hydrogen (secondary N) is 1. The van der Waals surface area contributed by atoms with Gasteiger partial charge in [0, 0.05) is 6.04 Å². The number of fused-ring (bicyclic) bond motifs is 3. The number of benzene rings is 2. The monoisotopic (exact) mass is 465 g/mol. The number of carbonyl (C=O) groups excluding carboxylic acids is 1. The number of ether oxygens (including phenoxy) is 1. The van der Waals surface area contributed by atoms with E-state index in [2.05, 4.69) is 29.4 Å². The van der Waals surface area contributed by atoms with Gasteiger partial charge >= 0.3 is 0 Å². The lowest BCUT2D eigenvalue weighted by Crippen LogP contribution is -2.35. The molecule has 2 aromatic carbocycles. The third-order valence-corrected chi connectivity index (χ3v) is 6.58. The molecule has 8 nitrogen and oxygen atoms in total. The van der Waals surface area contributed by atoms with Crippen LogP contribution >= 0.6 is 11.8 Å². The van der Waals surface area contributed by atoms with Crippen molar-refractivity contribution < 1.29 is 9.53 Å². The van der Waals surface area contributed by atoms with Crippen LogP contribution in [0.2, 0.25) is 0 Å². The Labute approximate surface area is 196 Å². The molecule has 0 unspecified atom stereocenters. The lowest BCUT2D eigenvalue weighted by Gasteiger charge is -2.15. The predicted molar refractivity (Wildman–Crippen MR) is 131 cm³/mol. The van der Waals surface area contributed by atoms with Gasteiger partial charge in [0.2, 0.25) is 11.7 Å². The fraction of sp³-hybridized carbons (Fsp3) is 0.333. The Balaban J connectivity index is 1.86. The first-order valence-electron chi connectivity index (χ1n) is 10.9. The van der Waals surface area contributed by atoms with E-state index in [1.807, 2.05) is 47.7 Å². The Hall–Kier alpha value is -3.33. The van der Waals surface area contributed by atoms with Crippen LogP contribution in [0.4, 0.5) is 0 Å². The van der Waals surface area contributed by atoms with Crippen molar-refractivity contribution in [3.05, 3.63) is 58.4 Å². The summed E-state index contributed by atoms with van der Waals surface area (Å²) in [5.41, 5.74) is 2.05. The second kappa shape index (κ2) is 9.66. The van der Waals surface area contributed by atoms with E-state index in [1.165, 1.54) is 16.3 Å². The van der Waals surface area contributed by atoms with E-state index >= 15 is 0 Å². The minimum atomic E-state index is -0.211. The zero-order chi connectivity index (χ0) is 23.5. The molecule has 4 rings (SSSR count). The standard InChI is InChI=1S/C24H27N5O3S/c1-5-16(6-2)25-21(30)14-33-24-27-26-23-28(19-13-15(3)11-12-20(19)32-4)22(31)17-9-7-8-10-18(17)29(23)24/h7-13,16H,5-6,14H2,1-4H3,(H,25,30). The topological polar surface area (TPSA) is 90.5 Å². The molecule has 0 spiro atoms. The van der Waals surface area contributed by atoms with E-state index in [9.17, 15) is 9.59 Å². The summed E-state index contributed by atoms with van der Waals surface area (Å²) >= 11 is 1.30. The van der Waals surface area contributed by atoms with Gasteiger partial charge in [-0.25, -0.2) is 4.57 Å². The number of nitrogens with zero attached hydrogens (tertiary/aromatic N) is 4. The number of carbonyl (C=O) groups is 1. The lowest BCUT2D eigenvalue weighted by molar-refractivity contribution is -0.119. The Kier molecular flexibility index (Phi) is 6.69. The largest absolute Gasteiger partial charge is 0.495 e. The molecule has 0 aliphatic carbocycles. The summed E-state index contributed by atoms with van der Waals surface area (Å²) in [5.74, 6) is 1.08. The van der Waals surface area contributed by atoms with Crippen LogP contribution in [0.1, 0.15) is 32.3 Å². The van der Waals surface area contributed by atoms with Crippen LogP contribution in [0.5, 0.6) is 5.75 Å². The molecule has 0 saturated heterocycles. The first-order chi connectivity index (χ1) is 16.0. The van der Waals surface area contributed by atoms with E-state index in [4.69, 9.17) is 4.74 Å². The van der Waals surface area contributed by atoms with Crippen LogP contribution in [0, 0.1) is 6.92 Å². The molecule has 2 heterocycles. The summed E-state index contributed by atoms with van der Waals surface area (Å²) in [6.45, 7) is 6.06. The molecule has 0 atom stereocenters. The van der Waals surface area contributed by atoms with Crippen LogP contribution in [0.3, 0.4) is 0 Å². The number of thioether (sulfide) groups is 1. The normalized spacial score (nSPS) is 11.4. The van der Waals surface area contributed by atoms with Crippen molar-refractivity contribution in [1.29, 1.82) is 0 Å². The highest BCUT2D eigenvalue weighted by atomic mass is 32.2. The maximum absolute atomic E-state index is 13.5. The van der Waals surface area contributed by atoms with Gasteiger partial charge in [0.05, 0.1) is 29.5 Å². The first-order valence-corrected chi connectivity index (χ1v) is 11.9. The van der Waals surface area contributed by atoms with Crippen molar-refractivity contribution in [2.75, 3.05) is 12.9 Å². The summed E-state index contributed by atoms with van der Waals surface area (Å²) in [6, 6.07) is 13.1. The number of aromatic nitrogens is 4. The molecule has 0 saturated carbocycles. The number of para-hydroxylation sites is 1. The van der Waals surface area contributed by atoms with Crippen LogP contribution in [0.25, 0.3) is 22.4 Å². The molecule has 4 aromatic rings. The van der Waals surface area contributed by atoms with Crippen LogP contribution < -0.4 is 15.6 Å². The molecule has 0 aliphatic rings. The summed E-state index contributed by atoms with van der Waals surface area (Å²) in [7, 11) is 1.57. The molecule has 33 heavy (non-hydrogen) atoms. The van der Waals surface area contributed by atoms with Gasteiger partial charge in [0.25, 0.3) is 5.56 Å². The smallest absolute Gasteiger partial charge is 0.267 e. The van der Waals surface area contributed by atoms with Crippen molar-refractivity contribution >= 4 is 34.3 Å². The molecule has 0 radical (unpaired) electrons. The minimum absolute atomic E-state index is 0.0524. The lowest BCUT2D eigenvalue weighted by atomic mass is 10.2. The molecule has 1 amide bonds. The van der Waals surface area contributed by atoms with Gasteiger partial charge in [-0.1, -0.05) is 43.8 Å². The Morgan fingerprint density at radius 1 is 1.15 bits per heavy atom. The average Bonchev–Trinajstić information content (AvgIpc) is 3.25. The van der Waals surface area contributed by atoms with Crippen molar-refractivity contribution in [3.8, 4) is 11.4 Å². The highest BCUT2D eigenvalue weighted by Gasteiger charge is 2.21. The Morgan fingerprint density at radius 2 is 1.91 bits per heavy atom. The molecule has 9 heteroatoms. The Bertz CT molecular complexity index is 1370. The average molecular weight is 466 g/mol. The van der Waals surface area contributed by atoms with Gasteiger partial charge in [-0.15, -0.1) is 10.2 Å². The minimum Gasteiger partial charge on any atom is -0.495 e. The SMILES string of the molecule is CCC(CC)NC(=O)CSc1nnc2n(-c3cc(C)ccc3OC)c(=O)c3ccccc3n12. The summed E-state index contributed by atoms with van der Waals surface area (Å²) in [6.07, 6.45) is 1.77. The van der Waals surface area contributed by atoms with Crippen LogP contribution in [-0.4, -0.2) is 44.0 Å². The molecule has 0 aliphatic heterocycles. The molecular weight excluding hydrogens is 438 g/mol. The fourth-order valence-corrected chi connectivity index (χ4v) is 4.61. The van der Waals surface area contributed by atoms with Crippen LogP contribution in [0.15, 0.2) is 52.4 Å². The van der Waals surface area contributed by atoms with Crippen molar-refractivity contribution in [2.24, 2.45) is 0 Å². The quantitative estimate of drug-likeness (QED) is 0.399. The zero-order valence-electron chi connectivity index (χ0n) is 19.2. The second-order valence-corrected chi connectivity index (χ2v) is 8.76. The number of hydrogen-bond donors (Lipinski definition) is 1. The molecule has 0 fully saturated rings. The van der Waals surface area contributed by atoms with Gasteiger partial charge in [-0.05, 0) is 49.6 Å². The van der Waals surface area contributed by atoms with Crippen molar-refractivity contribution in [3.63, 3.8) is 0 Å². The van der Waals surface area contributed by atoms with E-state index in [0.717, 1.165) is 18.4 Å². The van der Waals surface area contributed by atoms with E-state index in [0.29, 0.717) is 33.3 Å². The fourth-order valence-electron chi connectivity index (χ4n) is 3.86. The number of amides is 1. The van der Waals surface area contributed by atoms with Gasteiger partial charge in [-0.2, -0.15) is 0 Å². The molecule has 172 valence electrons. The third-order valence-electron chi connectivity index (χ3n) is 5.65. The van der Waals surface area contributed by atoms with E-state index < -0.39 is 0 Å². The number of rotatable bonds is 8. The van der Waals surface area contributed by atoms with Gasteiger partial charge in [0.1, 0.15) is 5.75 Å². The molecule has 2 aromatic heterocycles. The molecule has 0 bridgehead atoms. The third kappa shape index (κ3) is 4.32. The number of hydrogen-bond acceptors (Lipinski definition) is 6. The zero-order valence-corrected chi connectivity index (χ0v) is 20.0. The van der Waals surface area contributed by atoms with E-state index in [1.54, 1.807) is 13.2 Å². The maximum Gasteiger partial charge on any atom is 0.267 e. The van der Waals surface area contributed by atoms with Crippen molar-refractivity contribution in [2.45, 2.75) is 44.8 Å². The first kappa shape index (κ1) is 22.8. The van der Waals surface area contributed by atoms with Crippen LogP contribution in [-0.2, 0) is 4.79 Å². The summed E-state index contributed by atoms with van der Waals surface area (Å²) < 4.78 is 8.89. The molecular formula is C24H27N5O3S.